The predicted octanol–water partition coefficient (Wildman–Crippen LogP) is 3.91. The van der Waals surface area contributed by atoms with Crippen LogP contribution < -0.4 is 5.32 Å². The Labute approximate surface area is 138 Å². The third-order valence-corrected chi connectivity index (χ3v) is 5.02. The quantitative estimate of drug-likeness (QED) is 0.825. The van der Waals surface area contributed by atoms with Gasteiger partial charge in [0.25, 0.3) is 0 Å². The van der Waals surface area contributed by atoms with Gasteiger partial charge in [0.1, 0.15) is 11.0 Å². The molecule has 1 heterocycles. The molecular weight excluding hydrogens is 288 g/mol. The van der Waals surface area contributed by atoms with Crippen LogP contribution in [0.5, 0.6) is 0 Å². The summed E-state index contributed by atoms with van der Waals surface area (Å²) in [7, 11) is 0. The van der Waals surface area contributed by atoms with Gasteiger partial charge in [0.05, 0.1) is 0 Å². The summed E-state index contributed by atoms with van der Waals surface area (Å²) in [6, 6.07) is 8.94. The number of nitrogens with one attached hydrogen (secondary N) is 1. The second-order valence-electron chi connectivity index (χ2n) is 6.80. The summed E-state index contributed by atoms with van der Waals surface area (Å²) >= 11 is 0. The van der Waals surface area contributed by atoms with Gasteiger partial charge >= 0.3 is 0 Å². The van der Waals surface area contributed by atoms with E-state index in [2.05, 4.69) is 15.6 Å². The smallest absolute Gasteiger partial charge is 0.130 e. The lowest BCUT2D eigenvalue weighted by Crippen LogP contribution is -2.40. The first-order valence-corrected chi connectivity index (χ1v) is 9.08. The van der Waals surface area contributed by atoms with Crippen molar-refractivity contribution in [3.8, 4) is 0 Å². The lowest BCUT2D eigenvalue weighted by molar-refractivity contribution is 0.155. The molecule has 0 saturated heterocycles. The molecule has 1 aromatic heterocycles. The molecular formula is C18H28N4O. The molecule has 126 valence electrons. The van der Waals surface area contributed by atoms with Crippen LogP contribution in [0.25, 0.3) is 11.0 Å². The summed E-state index contributed by atoms with van der Waals surface area (Å²) in [6.07, 6.45) is 14.6. The molecule has 0 amide bonds. The Kier molecular flexibility index (Phi) is 5.86. The summed E-state index contributed by atoms with van der Waals surface area (Å²) in [5.41, 5.74) is 1.33. The predicted molar refractivity (Wildman–Crippen MR) is 91.6 cm³/mol. The first-order valence-electron chi connectivity index (χ1n) is 9.08. The highest BCUT2D eigenvalue weighted by atomic mass is 16.5. The van der Waals surface area contributed by atoms with E-state index in [4.69, 9.17) is 5.21 Å². The van der Waals surface area contributed by atoms with Crippen LogP contribution in [0.1, 0.15) is 64.2 Å². The summed E-state index contributed by atoms with van der Waals surface area (Å²) in [5, 5.41) is 19.9. The topological polar surface area (TPSA) is 63.0 Å². The van der Waals surface area contributed by atoms with E-state index in [1.165, 1.54) is 64.2 Å². The van der Waals surface area contributed by atoms with Crippen molar-refractivity contribution in [1.82, 2.24) is 20.5 Å². The number of nitrogens with zero attached hydrogens (tertiary/aromatic N) is 3. The van der Waals surface area contributed by atoms with Crippen LogP contribution in [0.15, 0.2) is 24.3 Å². The fourth-order valence-electron chi connectivity index (χ4n) is 3.73. The molecule has 0 bridgehead atoms. The first kappa shape index (κ1) is 16.2. The molecule has 1 aromatic carbocycles. The third-order valence-electron chi connectivity index (χ3n) is 5.02. The minimum Gasteiger partial charge on any atom is -0.410 e. The number of aromatic nitrogens is 3. The summed E-state index contributed by atoms with van der Waals surface area (Å²) in [4.78, 5) is 0.759. The van der Waals surface area contributed by atoms with Gasteiger partial charge in [-0.05, 0) is 43.0 Å². The van der Waals surface area contributed by atoms with E-state index in [1.54, 1.807) is 12.1 Å². The van der Waals surface area contributed by atoms with Gasteiger partial charge in [0.2, 0.25) is 0 Å². The minimum atomic E-state index is 0.627. The normalized spacial score (nSPS) is 20.2. The highest BCUT2D eigenvalue weighted by Crippen LogP contribution is 2.22. The number of benzene rings is 1. The lowest BCUT2D eigenvalue weighted by Gasteiger charge is -2.30. The monoisotopic (exact) mass is 316 g/mol. The van der Waals surface area contributed by atoms with Gasteiger partial charge in [-0.1, -0.05) is 55.5 Å². The Morgan fingerprint density at radius 3 is 2.00 bits per heavy atom. The van der Waals surface area contributed by atoms with E-state index in [0.717, 1.165) is 16.9 Å². The van der Waals surface area contributed by atoms with Crippen molar-refractivity contribution in [2.75, 3.05) is 0 Å². The van der Waals surface area contributed by atoms with Crippen LogP contribution in [0.4, 0.5) is 0 Å². The van der Waals surface area contributed by atoms with Crippen molar-refractivity contribution in [3.63, 3.8) is 0 Å². The molecule has 0 radical (unpaired) electrons. The van der Waals surface area contributed by atoms with Gasteiger partial charge in [-0.2, -0.15) is 0 Å². The molecule has 23 heavy (non-hydrogen) atoms. The van der Waals surface area contributed by atoms with Gasteiger partial charge in [-0.3, -0.25) is 0 Å². The highest BCUT2D eigenvalue weighted by Gasteiger charge is 2.19. The van der Waals surface area contributed by atoms with Crippen molar-refractivity contribution in [2.45, 2.75) is 76.3 Å². The van der Waals surface area contributed by atoms with E-state index in [9.17, 15) is 0 Å². The Hall–Kier alpha value is -1.62. The summed E-state index contributed by atoms with van der Waals surface area (Å²) in [6.45, 7) is 0. The largest absolute Gasteiger partial charge is 0.410 e. The zero-order valence-electron chi connectivity index (χ0n) is 13.8. The van der Waals surface area contributed by atoms with Crippen molar-refractivity contribution in [2.24, 2.45) is 0 Å². The molecule has 2 aromatic rings. The minimum absolute atomic E-state index is 0.627. The van der Waals surface area contributed by atoms with Crippen molar-refractivity contribution in [1.29, 1.82) is 0 Å². The SMILES string of the molecule is C1CCC(NC2CCCCC2)CC1.On1nnc2ccccc21. The number of fused-ring (bicyclic) bond motifs is 1. The molecule has 0 aliphatic heterocycles. The van der Waals surface area contributed by atoms with Crippen LogP contribution in [0.2, 0.25) is 0 Å². The molecule has 2 fully saturated rings. The maximum Gasteiger partial charge on any atom is 0.130 e. The Morgan fingerprint density at radius 1 is 0.870 bits per heavy atom. The van der Waals surface area contributed by atoms with E-state index in [-0.39, 0.29) is 0 Å². The average molecular weight is 316 g/mol. The molecule has 0 spiro atoms. The van der Waals surface area contributed by atoms with Crippen molar-refractivity contribution in [3.05, 3.63) is 24.3 Å². The van der Waals surface area contributed by atoms with Gasteiger partial charge in [-0.25, -0.2) is 0 Å². The molecule has 5 heteroatoms. The fourth-order valence-corrected chi connectivity index (χ4v) is 3.73. The van der Waals surface area contributed by atoms with E-state index < -0.39 is 0 Å². The third kappa shape index (κ3) is 4.67. The van der Waals surface area contributed by atoms with Crippen LogP contribution >= 0.6 is 0 Å². The zero-order valence-corrected chi connectivity index (χ0v) is 13.8. The standard InChI is InChI=1S/C12H23N.C6H5N3O/c1-3-7-11(8-4-1)13-12-9-5-2-6-10-12;10-9-6-4-2-1-3-5(6)7-8-9/h11-13H,1-10H2;1-4,10H. The van der Waals surface area contributed by atoms with Crippen LogP contribution in [-0.4, -0.2) is 32.4 Å². The van der Waals surface area contributed by atoms with Gasteiger partial charge in [0.15, 0.2) is 0 Å². The summed E-state index contributed by atoms with van der Waals surface area (Å²) < 4.78 is 0. The molecule has 2 N–H and O–H groups in total. The maximum absolute atomic E-state index is 8.95. The molecule has 5 nitrogen and oxygen atoms in total. The fraction of sp³-hybridized carbons (Fsp3) is 0.667. The van der Waals surface area contributed by atoms with Crippen molar-refractivity contribution < 1.29 is 5.21 Å². The average Bonchev–Trinajstić information content (AvgIpc) is 2.99. The second-order valence-corrected chi connectivity index (χ2v) is 6.80. The Morgan fingerprint density at radius 2 is 1.43 bits per heavy atom. The molecule has 0 unspecified atom stereocenters. The Bertz CT molecular complexity index is 569. The molecule has 4 rings (SSSR count). The van der Waals surface area contributed by atoms with Gasteiger partial charge < -0.3 is 10.5 Å². The number of hydrogen-bond acceptors (Lipinski definition) is 4. The van der Waals surface area contributed by atoms with Crippen molar-refractivity contribution >= 4 is 11.0 Å². The molecule has 0 atom stereocenters. The number of para-hydroxylation sites is 1. The van der Waals surface area contributed by atoms with Crippen LogP contribution in [0, 0.1) is 0 Å². The van der Waals surface area contributed by atoms with Gasteiger partial charge in [-0.15, -0.1) is 5.10 Å². The van der Waals surface area contributed by atoms with E-state index in [1.807, 2.05) is 12.1 Å². The maximum atomic E-state index is 8.95. The molecule has 2 aliphatic rings. The Balaban J connectivity index is 0.000000140. The molecule has 2 aliphatic carbocycles. The van der Waals surface area contributed by atoms with Gasteiger partial charge in [0, 0.05) is 12.1 Å². The van der Waals surface area contributed by atoms with Crippen LogP contribution in [-0.2, 0) is 0 Å². The van der Waals surface area contributed by atoms with Crippen LogP contribution in [0.3, 0.4) is 0 Å². The van der Waals surface area contributed by atoms with E-state index in [0.29, 0.717) is 11.0 Å². The number of hydrogen-bond donors (Lipinski definition) is 2. The summed E-state index contributed by atoms with van der Waals surface area (Å²) in [5.74, 6) is 0. The molecule has 2 saturated carbocycles. The second kappa shape index (κ2) is 8.29. The lowest BCUT2D eigenvalue weighted by atomic mass is 9.91. The number of rotatable bonds is 2. The highest BCUT2D eigenvalue weighted by molar-refractivity contribution is 5.73. The zero-order chi connectivity index (χ0) is 15.9. The van der Waals surface area contributed by atoms with E-state index >= 15 is 0 Å². The first-order chi connectivity index (χ1) is 11.3.